The number of nitrogens with zero attached hydrogens (tertiary/aromatic N) is 1. The number of nitrogens with two attached hydrogens (primary N) is 1. The van der Waals surface area contributed by atoms with Crippen LogP contribution in [0.3, 0.4) is 0 Å². The highest BCUT2D eigenvalue weighted by Gasteiger charge is 2.20. The average molecular weight is 235 g/mol. The Morgan fingerprint density at radius 3 is 2.53 bits per heavy atom. The van der Waals surface area contributed by atoms with Crippen LogP contribution in [0.4, 0.5) is 5.82 Å². The molecule has 1 rings (SSSR count). The Hall–Kier alpha value is -1.42. The number of amides is 1. The minimum atomic E-state index is -0.169. The number of aromatic nitrogens is 1. The molecule has 0 saturated carbocycles. The number of anilines is 1. The number of aryl methyl sites for hydroxylation is 2. The summed E-state index contributed by atoms with van der Waals surface area (Å²) in [5.74, 6) is 0.607. The standard InChI is InChI=1S/C13H21N3O/c1-8(2)11(7-14)13(17)16-12-6-9(3)5-10(4)15-12/h5-6,8,11H,7,14H2,1-4H3,(H,15,16,17). The quantitative estimate of drug-likeness (QED) is 0.837. The summed E-state index contributed by atoms with van der Waals surface area (Å²) < 4.78 is 0. The average Bonchev–Trinajstić information content (AvgIpc) is 2.15. The van der Waals surface area contributed by atoms with Crippen LogP contribution in [0.25, 0.3) is 0 Å². The highest BCUT2D eigenvalue weighted by Crippen LogP contribution is 2.14. The molecular weight excluding hydrogens is 214 g/mol. The van der Waals surface area contributed by atoms with Crippen LogP contribution in [0.2, 0.25) is 0 Å². The van der Waals surface area contributed by atoms with Crippen LogP contribution in [0.1, 0.15) is 25.1 Å². The van der Waals surface area contributed by atoms with E-state index in [0.717, 1.165) is 11.3 Å². The Morgan fingerprint density at radius 2 is 2.06 bits per heavy atom. The molecule has 94 valence electrons. The molecule has 1 heterocycles. The molecule has 0 aliphatic heterocycles. The first-order valence-electron chi connectivity index (χ1n) is 5.90. The van der Waals surface area contributed by atoms with E-state index in [1.807, 2.05) is 39.8 Å². The molecule has 1 unspecified atom stereocenters. The monoisotopic (exact) mass is 235 g/mol. The third-order valence-corrected chi connectivity index (χ3v) is 2.74. The fourth-order valence-corrected chi connectivity index (χ4v) is 1.81. The van der Waals surface area contributed by atoms with Crippen LogP contribution in [0.15, 0.2) is 12.1 Å². The van der Waals surface area contributed by atoms with Gasteiger partial charge in [0, 0.05) is 12.2 Å². The smallest absolute Gasteiger partial charge is 0.230 e. The zero-order valence-electron chi connectivity index (χ0n) is 10.9. The fraction of sp³-hybridized carbons (Fsp3) is 0.538. The van der Waals surface area contributed by atoms with Crippen LogP contribution in [-0.2, 0) is 4.79 Å². The van der Waals surface area contributed by atoms with Gasteiger partial charge in [-0.3, -0.25) is 4.79 Å². The molecule has 1 atom stereocenters. The molecule has 0 aromatic carbocycles. The zero-order chi connectivity index (χ0) is 13.0. The number of rotatable bonds is 4. The molecule has 0 fully saturated rings. The van der Waals surface area contributed by atoms with Crippen molar-refractivity contribution < 1.29 is 4.79 Å². The lowest BCUT2D eigenvalue weighted by Crippen LogP contribution is -2.33. The molecule has 0 bridgehead atoms. The van der Waals surface area contributed by atoms with Gasteiger partial charge < -0.3 is 11.1 Å². The van der Waals surface area contributed by atoms with E-state index >= 15 is 0 Å². The summed E-state index contributed by atoms with van der Waals surface area (Å²) in [6, 6.07) is 3.83. The van der Waals surface area contributed by atoms with Gasteiger partial charge in [0.2, 0.25) is 5.91 Å². The van der Waals surface area contributed by atoms with Gasteiger partial charge in [-0.25, -0.2) is 4.98 Å². The Balaban J connectivity index is 2.80. The number of hydrogen-bond donors (Lipinski definition) is 2. The van der Waals surface area contributed by atoms with E-state index in [9.17, 15) is 4.79 Å². The van der Waals surface area contributed by atoms with Gasteiger partial charge in [0.15, 0.2) is 0 Å². The van der Waals surface area contributed by atoms with Crippen molar-refractivity contribution in [2.75, 3.05) is 11.9 Å². The summed E-state index contributed by atoms with van der Waals surface area (Å²) in [7, 11) is 0. The molecule has 4 heteroatoms. The molecule has 17 heavy (non-hydrogen) atoms. The summed E-state index contributed by atoms with van der Waals surface area (Å²) in [6.07, 6.45) is 0. The Labute approximate surface area is 103 Å². The van der Waals surface area contributed by atoms with Gasteiger partial charge in [0.1, 0.15) is 5.82 Å². The number of carbonyl (C=O) groups is 1. The molecule has 0 aliphatic carbocycles. The second kappa shape index (κ2) is 5.77. The molecule has 0 aliphatic rings. The highest BCUT2D eigenvalue weighted by atomic mass is 16.2. The van der Waals surface area contributed by atoms with E-state index in [0.29, 0.717) is 12.4 Å². The predicted molar refractivity (Wildman–Crippen MR) is 69.7 cm³/mol. The third kappa shape index (κ3) is 3.82. The minimum Gasteiger partial charge on any atom is -0.330 e. The first kappa shape index (κ1) is 13.6. The SMILES string of the molecule is Cc1cc(C)nc(NC(=O)C(CN)C(C)C)c1. The molecule has 0 radical (unpaired) electrons. The molecule has 3 N–H and O–H groups in total. The highest BCUT2D eigenvalue weighted by molar-refractivity contribution is 5.92. The van der Waals surface area contributed by atoms with Crippen molar-refractivity contribution in [1.82, 2.24) is 4.98 Å². The second-order valence-electron chi connectivity index (χ2n) is 4.75. The molecule has 4 nitrogen and oxygen atoms in total. The summed E-state index contributed by atoms with van der Waals surface area (Å²) in [5.41, 5.74) is 7.59. The number of pyridine rings is 1. The maximum absolute atomic E-state index is 12.0. The number of hydrogen-bond acceptors (Lipinski definition) is 3. The van der Waals surface area contributed by atoms with Gasteiger partial charge in [-0.15, -0.1) is 0 Å². The molecule has 0 saturated heterocycles. The largest absolute Gasteiger partial charge is 0.330 e. The van der Waals surface area contributed by atoms with E-state index in [-0.39, 0.29) is 17.7 Å². The normalized spacial score (nSPS) is 12.6. The van der Waals surface area contributed by atoms with Crippen LogP contribution in [0.5, 0.6) is 0 Å². The van der Waals surface area contributed by atoms with Crippen molar-refractivity contribution in [2.45, 2.75) is 27.7 Å². The van der Waals surface area contributed by atoms with E-state index in [1.165, 1.54) is 0 Å². The van der Waals surface area contributed by atoms with Crippen molar-refractivity contribution in [3.63, 3.8) is 0 Å². The van der Waals surface area contributed by atoms with Gasteiger partial charge >= 0.3 is 0 Å². The van der Waals surface area contributed by atoms with Gasteiger partial charge in [-0.2, -0.15) is 0 Å². The lowest BCUT2D eigenvalue weighted by atomic mass is 9.95. The third-order valence-electron chi connectivity index (χ3n) is 2.74. The van der Waals surface area contributed by atoms with Crippen molar-refractivity contribution in [3.8, 4) is 0 Å². The first-order valence-corrected chi connectivity index (χ1v) is 5.90. The molecule has 1 aromatic heterocycles. The predicted octanol–water partition coefficient (Wildman–Crippen LogP) is 1.87. The lowest BCUT2D eigenvalue weighted by Gasteiger charge is -2.18. The molecule has 1 aromatic rings. The molecular formula is C13H21N3O. The Kier molecular flexibility index (Phi) is 4.63. The van der Waals surface area contributed by atoms with E-state index in [2.05, 4.69) is 10.3 Å². The Bertz CT molecular complexity index is 381. The number of carbonyl (C=O) groups excluding carboxylic acids is 1. The minimum absolute atomic E-state index is 0.0556. The van der Waals surface area contributed by atoms with Gasteiger partial charge in [0.25, 0.3) is 0 Å². The Morgan fingerprint density at radius 1 is 1.41 bits per heavy atom. The van der Waals surface area contributed by atoms with Crippen molar-refractivity contribution in [3.05, 3.63) is 23.4 Å². The fourth-order valence-electron chi connectivity index (χ4n) is 1.81. The van der Waals surface area contributed by atoms with Crippen LogP contribution >= 0.6 is 0 Å². The van der Waals surface area contributed by atoms with Gasteiger partial charge in [0.05, 0.1) is 5.92 Å². The van der Waals surface area contributed by atoms with Crippen LogP contribution < -0.4 is 11.1 Å². The van der Waals surface area contributed by atoms with Crippen molar-refractivity contribution >= 4 is 11.7 Å². The van der Waals surface area contributed by atoms with Crippen molar-refractivity contribution in [1.29, 1.82) is 0 Å². The summed E-state index contributed by atoms with van der Waals surface area (Å²) in [6.45, 7) is 8.23. The first-order chi connectivity index (χ1) is 7.93. The molecule has 1 amide bonds. The summed E-state index contributed by atoms with van der Waals surface area (Å²) in [5, 5.41) is 2.83. The second-order valence-corrected chi connectivity index (χ2v) is 4.75. The van der Waals surface area contributed by atoms with Crippen LogP contribution in [-0.4, -0.2) is 17.4 Å². The van der Waals surface area contributed by atoms with Gasteiger partial charge in [-0.1, -0.05) is 13.8 Å². The van der Waals surface area contributed by atoms with E-state index < -0.39 is 0 Å². The van der Waals surface area contributed by atoms with E-state index in [4.69, 9.17) is 5.73 Å². The summed E-state index contributed by atoms with van der Waals surface area (Å²) >= 11 is 0. The topological polar surface area (TPSA) is 68.0 Å². The molecule has 0 spiro atoms. The van der Waals surface area contributed by atoms with Gasteiger partial charge in [-0.05, 0) is 37.5 Å². The number of nitrogens with one attached hydrogen (secondary N) is 1. The maximum Gasteiger partial charge on any atom is 0.230 e. The lowest BCUT2D eigenvalue weighted by molar-refractivity contribution is -0.120. The van der Waals surface area contributed by atoms with Crippen LogP contribution in [0, 0.1) is 25.7 Å². The van der Waals surface area contributed by atoms with E-state index in [1.54, 1.807) is 0 Å². The van der Waals surface area contributed by atoms with Crippen molar-refractivity contribution in [2.24, 2.45) is 17.6 Å². The maximum atomic E-state index is 12.0. The summed E-state index contributed by atoms with van der Waals surface area (Å²) in [4.78, 5) is 16.3. The zero-order valence-corrected chi connectivity index (χ0v) is 10.9.